The summed E-state index contributed by atoms with van der Waals surface area (Å²) in [6.07, 6.45) is 2.59. The molecule has 0 spiro atoms. The van der Waals surface area contributed by atoms with Crippen molar-refractivity contribution in [3.63, 3.8) is 0 Å². The fraction of sp³-hybridized carbons (Fsp3) is 0.211. The molecule has 0 atom stereocenters. The van der Waals surface area contributed by atoms with E-state index >= 15 is 0 Å². The van der Waals surface area contributed by atoms with E-state index in [4.69, 9.17) is 14.2 Å². The van der Waals surface area contributed by atoms with Crippen LogP contribution in [-0.2, 0) is 4.79 Å². The number of hydrogen-bond donors (Lipinski definition) is 1. The minimum Gasteiger partial charge on any atom is -0.493 e. The maximum atomic E-state index is 12.4. The van der Waals surface area contributed by atoms with Gasteiger partial charge in [-0.2, -0.15) is 8.78 Å². The molecular weight excluding hydrogens is 360 g/mol. The van der Waals surface area contributed by atoms with Crippen LogP contribution in [0, 0.1) is 0 Å². The summed E-state index contributed by atoms with van der Waals surface area (Å²) in [4.78, 5) is 12.2. The quantitative estimate of drug-likeness (QED) is 0.703. The number of amides is 1. The maximum absolute atomic E-state index is 12.4. The summed E-state index contributed by atoms with van der Waals surface area (Å²) in [5, 5.41) is 2.64. The van der Waals surface area contributed by atoms with Crippen LogP contribution >= 0.6 is 0 Å². The Morgan fingerprint density at radius 1 is 1.00 bits per heavy atom. The number of para-hydroxylation sites is 1. The van der Waals surface area contributed by atoms with Crippen molar-refractivity contribution in [3.8, 4) is 23.0 Å². The summed E-state index contributed by atoms with van der Waals surface area (Å²) in [7, 11) is 4.39. The van der Waals surface area contributed by atoms with E-state index in [2.05, 4.69) is 10.1 Å². The molecule has 1 amide bonds. The Hall–Kier alpha value is -3.29. The Labute approximate surface area is 155 Å². The van der Waals surface area contributed by atoms with Crippen LogP contribution in [0.15, 0.2) is 42.5 Å². The molecule has 0 aliphatic carbocycles. The normalized spacial score (nSPS) is 10.7. The zero-order valence-corrected chi connectivity index (χ0v) is 15.0. The van der Waals surface area contributed by atoms with Gasteiger partial charge in [0, 0.05) is 29.5 Å². The molecule has 27 heavy (non-hydrogen) atoms. The van der Waals surface area contributed by atoms with E-state index in [0.29, 0.717) is 28.5 Å². The Kier molecular flexibility index (Phi) is 6.99. The van der Waals surface area contributed by atoms with Crippen LogP contribution in [0.1, 0.15) is 5.56 Å². The number of ether oxygens (including phenoxy) is 4. The van der Waals surface area contributed by atoms with Crippen molar-refractivity contribution in [2.24, 2.45) is 0 Å². The van der Waals surface area contributed by atoms with E-state index in [1.54, 1.807) is 30.3 Å². The zero-order chi connectivity index (χ0) is 19.8. The van der Waals surface area contributed by atoms with Gasteiger partial charge >= 0.3 is 6.61 Å². The summed E-state index contributed by atoms with van der Waals surface area (Å²) in [5.41, 5.74) is 0.758. The number of alkyl halides is 2. The number of halogens is 2. The molecule has 6 nitrogen and oxygen atoms in total. The lowest BCUT2D eigenvalue weighted by molar-refractivity contribution is -0.111. The van der Waals surface area contributed by atoms with Gasteiger partial charge in [0.2, 0.25) is 11.7 Å². The molecule has 0 aliphatic heterocycles. The van der Waals surface area contributed by atoms with Crippen LogP contribution < -0.4 is 24.3 Å². The number of nitrogens with one attached hydrogen (secondary N) is 1. The number of benzene rings is 2. The van der Waals surface area contributed by atoms with Gasteiger partial charge in [0.1, 0.15) is 5.75 Å². The second kappa shape index (κ2) is 9.42. The molecular formula is C19H19F2NO5. The molecule has 0 radical (unpaired) electrons. The lowest BCUT2D eigenvalue weighted by Crippen LogP contribution is -2.08. The number of anilines is 1. The fourth-order valence-electron chi connectivity index (χ4n) is 2.32. The topological polar surface area (TPSA) is 66.0 Å². The van der Waals surface area contributed by atoms with Gasteiger partial charge in [-0.1, -0.05) is 18.2 Å². The third-order valence-electron chi connectivity index (χ3n) is 3.48. The summed E-state index contributed by atoms with van der Waals surface area (Å²) in [5.74, 6) is 0.658. The van der Waals surface area contributed by atoms with E-state index in [-0.39, 0.29) is 5.75 Å². The van der Waals surface area contributed by atoms with Gasteiger partial charge in [-0.15, -0.1) is 0 Å². The summed E-state index contributed by atoms with van der Waals surface area (Å²) >= 11 is 0. The van der Waals surface area contributed by atoms with Gasteiger partial charge in [-0.3, -0.25) is 4.79 Å². The highest BCUT2D eigenvalue weighted by atomic mass is 19.3. The van der Waals surface area contributed by atoms with Crippen molar-refractivity contribution in [1.82, 2.24) is 0 Å². The first-order valence-electron chi connectivity index (χ1n) is 7.81. The largest absolute Gasteiger partial charge is 0.493 e. The average Bonchev–Trinajstić information content (AvgIpc) is 2.66. The van der Waals surface area contributed by atoms with Crippen LogP contribution in [-0.4, -0.2) is 33.8 Å². The molecule has 2 aromatic rings. The highest BCUT2D eigenvalue weighted by molar-refractivity contribution is 6.02. The van der Waals surface area contributed by atoms with Crippen molar-refractivity contribution >= 4 is 17.7 Å². The smallest absolute Gasteiger partial charge is 0.387 e. The predicted molar refractivity (Wildman–Crippen MR) is 96.8 cm³/mol. The highest BCUT2D eigenvalue weighted by Crippen LogP contribution is 2.39. The van der Waals surface area contributed by atoms with Gasteiger partial charge in [0.25, 0.3) is 0 Å². The average molecular weight is 379 g/mol. The van der Waals surface area contributed by atoms with Crippen LogP contribution in [0.2, 0.25) is 0 Å². The van der Waals surface area contributed by atoms with Crippen molar-refractivity contribution in [3.05, 3.63) is 48.0 Å². The molecule has 2 aromatic carbocycles. The molecule has 0 saturated carbocycles. The Balaban J connectivity index is 2.18. The van der Waals surface area contributed by atoms with E-state index in [1.807, 2.05) is 0 Å². The lowest BCUT2D eigenvalue weighted by atomic mass is 10.2. The minimum absolute atomic E-state index is 0.0238. The number of rotatable bonds is 8. The summed E-state index contributed by atoms with van der Waals surface area (Å²) in [6.45, 7) is -2.95. The molecule has 0 heterocycles. The van der Waals surface area contributed by atoms with Gasteiger partial charge in [0.15, 0.2) is 11.5 Å². The molecule has 0 saturated heterocycles. The third-order valence-corrected chi connectivity index (χ3v) is 3.48. The predicted octanol–water partition coefficient (Wildman–Crippen LogP) is 3.97. The summed E-state index contributed by atoms with van der Waals surface area (Å²) in [6, 6.07) is 9.30. The molecule has 0 aromatic heterocycles. The van der Waals surface area contributed by atoms with Crippen molar-refractivity contribution in [2.75, 3.05) is 26.6 Å². The molecule has 0 unspecified atom stereocenters. The van der Waals surface area contributed by atoms with Gasteiger partial charge in [-0.25, -0.2) is 0 Å². The molecule has 8 heteroatoms. The van der Waals surface area contributed by atoms with Crippen LogP contribution in [0.4, 0.5) is 14.5 Å². The standard InChI is InChI=1S/C19H19F2NO5/c1-24-15-10-13(11-16(25-2)18(15)26-3)22-17(23)9-8-12-6-4-5-7-14(12)27-19(20)21/h4-11,19H,1-3H3,(H,22,23)/b9-8+. The van der Waals surface area contributed by atoms with Crippen molar-refractivity contribution in [2.45, 2.75) is 6.61 Å². The number of carbonyl (C=O) groups is 1. The molecule has 0 fully saturated rings. The van der Waals surface area contributed by atoms with E-state index in [0.717, 1.165) is 0 Å². The van der Waals surface area contributed by atoms with Crippen molar-refractivity contribution < 1.29 is 32.5 Å². The first kappa shape index (κ1) is 20.0. The zero-order valence-electron chi connectivity index (χ0n) is 15.0. The molecule has 1 N–H and O–H groups in total. The Bertz CT molecular complexity index is 798. The molecule has 2 rings (SSSR count). The third kappa shape index (κ3) is 5.34. The Morgan fingerprint density at radius 3 is 2.19 bits per heavy atom. The van der Waals surface area contributed by atoms with E-state index in [1.165, 1.54) is 39.5 Å². The SMILES string of the molecule is COc1cc(NC(=O)/C=C/c2ccccc2OC(F)F)cc(OC)c1OC. The first-order valence-corrected chi connectivity index (χ1v) is 7.81. The van der Waals surface area contributed by atoms with Gasteiger partial charge < -0.3 is 24.3 Å². The monoisotopic (exact) mass is 379 g/mol. The molecule has 0 bridgehead atoms. The van der Waals surface area contributed by atoms with Crippen LogP contribution in [0.3, 0.4) is 0 Å². The van der Waals surface area contributed by atoms with E-state index < -0.39 is 12.5 Å². The second-order valence-corrected chi connectivity index (χ2v) is 5.15. The molecule has 144 valence electrons. The van der Waals surface area contributed by atoms with Crippen LogP contribution in [0.5, 0.6) is 23.0 Å². The number of methoxy groups -OCH3 is 3. The molecule has 0 aliphatic rings. The maximum Gasteiger partial charge on any atom is 0.387 e. The fourth-order valence-corrected chi connectivity index (χ4v) is 2.32. The second-order valence-electron chi connectivity index (χ2n) is 5.15. The van der Waals surface area contributed by atoms with Crippen molar-refractivity contribution in [1.29, 1.82) is 0 Å². The number of hydrogen-bond acceptors (Lipinski definition) is 5. The van der Waals surface area contributed by atoms with E-state index in [9.17, 15) is 13.6 Å². The highest BCUT2D eigenvalue weighted by Gasteiger charge is 2.14. The van der Waals surface area contributed by atoms with Crippen LogP contribution in [0.25, 0.3) is 6.08 Å². The minimum atomic E-state index is -2.95. The summed E-state index contributed by atoms with van der Waals surface area (Å²) < 4.78 is 44.9. The number of carbonyl (C=O) groups excluding carboxylic acids is 1. The van der Waals surface area contributed by atoms with Gasteiger partial charge in [-0.05, 0) is 12.1 Å². The van der Waals surface area contributed by atoms with Gasteiger partial charge in [0.05, 0.1) is 21.3 Å². The lowest BCUT2D eigenvalue weighted by Gasteiger charge is -2.14. The Morgan fingerprint density at radius 2 is 1.63 bits per heavy atom. The first-order chi connectivity index (χ1) is 13.0.